The second kappa shape index (κ2) is 6.71. The summed E-state index contributed by atoms with van der Waals surface area (Å²) in [6, 6.07) is 1.97. The van der Waals surface area contributed by atoms with Crippen LogP contribution in [0.15, 0.2) is 16.9 Å². The number of aromatic nitrogens is 2. The molecule has 0 aliphatic carbocycles. The van der Waals surface area contributed by atoms with Crippen molar-refractivity contribution in [1.29, 1.82) is 0 Å². The molecule has 1 aromatic heterocycles. The van der Waals surface area contributed by atoms with Crippen LogP contribution in [-0.4, -0.2) is 50.3 Å². The van der Waals surface area contributed by atoms with Crippen molar-refractivity contribution in [3.05, 3.63) is 34.0 Å². The largest absolute Gasteiger partial charge is 0.478 e. The Labute approximate surface area is 154 Å². The van der Waals surface area contributed by atoms with E-state index in [2.05, 4.69) is 4.98 Å². The number of nitrogens with one attached hydrogen (secondary N) is 1. The molecule has 3 rings (SSSR count). The van der Waals surface area contributed by atoms with E-state index in [1.54, 1.807) is 25.7 Å². The maximum absolute atomic E-state index is 14.1. The van der Waals surface area contributed by atoms with Crippen LogP contribution in [0.5, 0.6) is 0 Å². The zero-order valence-electron chi connectivity index (χ0n) is 15.4. The Morgan fingerprint density at radius 1 is 1.26 bits per heavy atom. The zero-order valence-corrected chi connectivity index (χ0v) is 15.4. The number of imidazole rings is 1. The van der Waals surface area contributed by atoms with Gasteiger partial charge in [0, 0.05) is 25.2 Å². The van der Waals surface area contributed by atoms with Gasteiger partial charge >= 0.3 is 17.8 Å². The van der Waals surface area contributed by atoms with Crippen molar-refractivity contribution < 1.29 is 23.8 Å². The van der Waals surface area contributed by atoms with Crippen molar-refractivity contribution in [2.75, 3.05) is 13.1 Å². The molecule has 1 aliphatic rings. The predicted octanol–water partition coefficient (Wildman–Crippen LogP) is 2.74. The molecule has 9 heteroatoms. The molecule has 0 spiro atoms. The molecule has 1 saturated heterocycles. The molecule has 0 atom stereocenters. The third-order valence-corrected chi connectivity index (χ3v) is 4.52. The highest BCUT2D eigenvalue weighted by Gasteiger charge is 2.29. The van der Waals surface area contributed by atoms with Gasteiger partial charge in [-0.15, -0.1) is 0 Å². The minimum atomic E-state index is -1.39. The fraction of sp³-hybridized carbons (Fsp3) is 0.500. The topological polar surface area (TPSA) is 105 Å². The van der Waals surface area contributed by atoms with E-state index in [0.29, 0.717) is 31.4 Å². The summed E-state index contributed by atoms with van der Waals surface area (Å²) in [5.41, 5.74) is -0.911. The summed E-state index contributed by atoms with van der Waals surface area (Å²) in [5, 5.41) is 9.02. The van der Waals surface area contributed by atoms with Crippen LogP contribution in [0.3, 0.4) is 0 Å². The number of nitrogens with zero attached hydrogens (tertiary/aromatic N) is 2. The number of halogens is 1. The van der Waals surface area contributed by atoms with Gasteiger partial charge in [0.05, 0.1) is 16.6 Å². The highest BCUT2D eigenvalue weighted by Crippen LogP contribution is 2.27. The molecule has 1 fully saturated rings. The van der Waals surface area contributed by atoms with Gasteiger partial charge in [-0.2, -0.15) is 0 Å². The maximum atomic E-state index is 14.1. The van der Waals surface area contributed by atoms with E-state index in [9.17, 15) is 18.8 Å². The van der Waals surface area contributed by atoms with E-state index < -0.39 is 34.7 Å². The highest BCUT2D eigenvalue weighted by atomic mass is 19.1. The first-order valence-corrected chi connectivity index (χ1v) is 8.72. The van der Waals surface area contributed by atoms with Crippen LogP contribution < -0.4 is 5.69 Å². The third kappa shape index (κ3) is 3.81. The fourth-order valence-electron chi connectivity index (χ4n) is 3.31. The quantitative estimate of drug-likeness (QED) is 0.835. The average Bonchev–Trinajstić information content (AvgIpc) is 2.87. The Morgan fingerprint density at radius 2 is 1.89 bits per heavy atom. The minimum Gasteiger partial charge on any atom is -0.478 e. The first-order chi connectivity index (χ1) is 12.6. The van der Waals surface area contributed by atoms with Crippen LogP contribution in [0.1, 0.15) is 50.0 Å². The van der Waals surface area contributed by atoms with Crippen molar-refractivity contribution in [1.82, 2.24) is 14.5 Å². The first kappa shape index (κ1) is 18.9. The van der Waals surface area contributed by atoms with Gasteiger partial charge in [0.25, 0.3) is 0 Å². The maximum Gasteiger partial charge on any atom is 0.410 e. The molecule has 0 saturated carbocycles. The molecule has 27 heavy (non-hydrogen) atoms. The van der Waals surface area contributed by atoms with E-state index >= 15 is 0 Å². The lowest BCUT2D eigenvalue weighted by Crippen LogP contribution is -2.43. The van der Waals surface area contributed by atoms with Crippen molar-refractivity contribution in [2.24, 2.45) is 0 Å². The number of benzene rings is 1. The van der Waals surface area contributed by atoms with Crippen molar-refractivity contribution >= 4 is 23.1 Å². The molecule has 2 heterocycles. The van der Waals surface area contributed by atoms with Gasteiger partial charge in [-0.1, -0.05) is 0 Å². The van der Waals surface area contributed by atoms with Gasteiger partial charge in [-0.05, 0) is 39.7 Å². The Kier molecular flexibility index (Phi) is 4.71. The van der Waals surface area contributed by atoms with Gasteiger partial charge in [0.15, 0.2) is 0 Å². The van der Waals surface area contributed by atoms with Crippen molar-refractivity contribution in [3.63, 3.8) is 0 Å². The van der Waals surface area contributed by atoms with Crippen LogP contribution in [0.4, 0.5) is 9.18 Å². The molecule has 1 aliphatic heterocycles. The number of rotatable bonds is 2. The van der Waals surface area contributed by atoms with E-state index in [1.165, 1.54) is 4.57 Å². The lowest BCUT2D eigenvalue weighted by atomic mass is 10.0. The Morgan fingerprint density at radius 3 is 2.44 bits per heavy atom. The van der Waals surface area contributed by atoms with Gasteiger partial charge in [0.1, 0.15) is 11.4 Å². The highest BCUT2D eigenvalue weighted by molar-refractivity contribution is 5.92. The number of carbonyl (C=O) groups is 2. The molecule has 8 nitrogen and oxygen atoms in total. The molecule has 0 unspecified atom stereocenters. The van der Waals surface area contributed by atoms with E-state index in [0.717, 1.165) is 12.1 Å². The molecule has 2 N–H and O–H groups in total. The van der Waals surface area contributed by atoms with Crippen molar-refractivity contribution in [2.45, 2.75) is 45.3 Å². The predicted molar refractivity (Wildman–Crippen MR) is 95.6 cm³/mol. The number of aromatic carboxylic acids is 1. The summed E-state index contributed by atoms with van der Waals surface area (Å²) in [4.78, 5) is 39.8. The molecule has 0 bridgehead atoms. The normalized spacial score (nSPS) is 15.9. The van der Waals surface area contributed by atoms with E-state index in [4.69, 9.17) is 9.84 Å². The van der Waals surface area contributed by atoms with Crippen LogP contribution in [0, 0.1) is 5.82 Å². The number of ether oxygens (including phenoxy) is 1. The summed E-state index contributed by atoms with van der Waals surface area (Å²) in [5.74, 6) is -2.29. The molecule has 146 valence electrons. The van der Waals surface area contributed by atoms with Gasteiger partial charge in [-0.3, -0.25) is 4.57 Å². The minimum absolute atomic E-state index is 0.222. The number of H-pyrrole nitrogens is 1. The van der Waals surface area contributed by atoms with Gasteiger partial charge in [-0.25, -0.2) is 18.8 Å². The first-order valence-electron chi connectivity index (χ1n) is 8.72. The number of carbonyl (C=O) groups excluding carboxylic acids is 1. The van der Waals surface area contributed by atoms with Gasteiger partial charge in [0.2, 0.25) is 0 Å². The van der Waals surface area contributed by atoms with Crippen LogP contribution in [0.25, 0.3) is 11.0 Å². The number of fused-ring (bicyclic) bond motifs is 1. The standard InChI is InChI=1S/C18H22FN3O5/c1-18(2,3)27-17(26)21-6-4-10(5-7-21)22-14-9-12(19)11(15(23)24)8-13(14)20-16(22)25/h8-10H,4-7H2,1-3H3,(H,20,25)(H,23,24). The molecular weight excluding hydrogens is 357 g/mol. The average molecular weight is 379 g/mol. The van der Waals surface area contributed by atoms with E-state index in [-0.39, 0.29) is 11.6 Å². The lowest BCUT2D eigenvalue weighted by Gasteiger charge is -2.33. The Hall–Kier alpha value is -2.84. The molecule has 0 radical (unpaired) electrons. The lowest BCUT2D eigenvalue weighted by molar-refractivity contribution is 0.0188. The second-order valence-electron chi connectivity index (χ2n) is 7.65. The number of amides is 1. The summed E-state index contributed by atoms with van der Waals surface area (Å²) in [6.07, 6.45) is 0.618. The number of carboxylic acid groups (broad SMARTS) is 1. The number of aromatic amines is 1. The molecule has 2 aromatic rings. The molecular formula is C18H22FN3O5. The SMILES string of the molecule is CC(C)(C)OC(=O)N1CCC(n2c(=O)[nH]c3cc(C(=O)O)c(F)cc32)CC1. The molecule has 1 amide bonds. The number of piperidine rings is 1. The monoisotopic (exact) mass is 379 g/mol. The number of hydrogen-bond acceptors (Lipinski definition) is 4. The van der Waals surface area contributed by atoms with Crippen LogP contribution in [0.2, 0.25) is 0 Å². The zero-order chi connectivity index (χ0) is 19.9. The second-order valence-corrected chi connectivity index (χ2v) is 7.65. The van der Waals surface area contributed by atoms with Crippen LogP contribution >= 0.6 is 0 Å². The van der Waals surface area contributed by atoms with E-state index in [1.807, 2.05) is 0 Å². The van der Waals surface area contributed by atoms with Gasteiger partial charge < -0.3 is 19.7 Å². The Bertz CT molecular complexity index is 948. The summed E-state index contributed by atoms with van der Waals surface area (Å²) >= 11 is 0. The Balaban J connectivity index is 1.82. The smallest absolute Gasteiger partial charge is 0.410 e. The summed E-state index contributed by atoms with van der Waals surface area (Å²) < 4.78 is 20.9. The fourth-order valence-corrected chi connectivity index (χ4v) is 3.31. The van der Waals surface area contributed by atoms with Crippen molar-refractivity contribution in [3.8, 4) is 0 Å². The molecule has 1 aromatic carbocycles. The summed E-state index contributed by atoms with van der Waals surface area (Å²) in [6.45, 7) is 6.21. The number of carboxylic acids is 1. The number of likely N-dealkylation sites (tertiary alicyclic amines) is 1. The third-order valence-electron chi connectivity index (χ3n) is 4.52. The number of hydrogen-bond donors (Lipinski definition) is 2. The van der Waals surface area contributed by atoms with Crippen LogP contribution in [-0.2, 0) is 4.74 Å². The summed E-state index contributed by atoms with van der Waals surface area (Å²) in [7, 11) is 0.